The summed E-state index contributed by atoms with van der Waals surface area (Å²) in [6.45, 7) is 4.75. The van der Waals surface area contributed by atoms with Crippen LogP contribution in [-0.2, 0) is 0 Å². The van der Waals surface area contributed by atoms with E-state index in [-0.39, 0.29) is 0 Å². The van der Waals surface area contributed by atoms with Crippen molar-refractivity contribution >= 4 is 0 Å². The zero-order valence-electron chi connectivity index (χ0n) is 7.59. The zero-order chi connectivity index (χ0) is 7.84. The highest BCUT2D eigenvalue weighted by atomic mass is 14.4. The van der Waals surface area contributed by atoms with Crippen molar-refractivity contribution < 1.29 is 0 Å². The molecule has 1 saturated carbocycles. The van der Waals surface area contributed by atoms with Crippen LogP contribution in [-0.4, -0.2) is 0 Å². The van der Waals surface area contributed by atoms with Gasteiger partial charge in [0.15, 0.2) is 0 Å². The fourth-order valence-electron chi connectivity index (χ4n) is 2.98. The average molecular weight is 150 g/mol. The molecule has 0 spiro atoms. The molecular formula is C11H18. The molecule has 0 aromatic carbocycles. The van der Waals surface area contributed by atoms with E-state index in [4.69, 9.17) is 0 Å². The van der Waals surface area contributed by atoms with Crippen LogP contribution in [0.1, 0.15) is 33.1 Å². The topological polar surface area (TPSA) is 0 Å². The Morgan fingerprint density at radius 1 is 1.27 bits per heavy atom. The van der Waals surface area contributed by atoms with E-state index in [1.807, 2.05) is 0 Å². The predicted octanol–water partition coefficient (Wildman–Crippen LogP) is 3.24. The van der Waals surface area contributed by atoms with Crippen LogP contribution in [0.2, 0.25) is 0 Å². The van der Waals surface area contributed by atoms with Crippen LogP contribution in [0.25, 0.3) is 0 Å². The molecule has 2 aliphatic carbocycles. The van der Waals surface area contributed by atoms with Crippen molar-refractivity contribution in [2.24, 2.45) is 23.7 Å². The first-order valence-electron chi connectivity index (χ1n) is 5.01. The highest BCUT2D eigenvalue weighted by molar-refractivity contribution is 5.12. The molecule has 4 unspecified atom stereocenters. The van der Waals surface area contributed by atoms with E-state index in [9.17, 15) is 0 Å². The summed E-state index contributed by atoms with van der Waals surface area (Å²) in [5.41, 5.74) is 0. The van der Waals surface area contributed by atoms with Gasteiger partial charge >= 0.3 is 0 Å². The van der Waals surface area contributed by atoms with Crippen molar-refractivity contribution in [2.75, 3.05) is 0 Å². The maximum absolute atomic E-state index is 2.46. The van der Waals surface area contributed by atoms with Gasteiger partial charge in [0.1, 0.15) is 0 Å². The third kappa shape index (κ3) is 1.04. The first kappa shape index (κ1) is 7.39. The van der Waals surface area contributed by atoms with Crippen molar-refractivity contribution in [3.63, 3.8) is 0 Å². The van der Waals surface area contributed by atoms with E-state index in [1.165, 1.54) is 19.3 Å². The van der Waals surface area contributed by atoms with E-state index in [1.54, 1.807) is 0 Å². The number of fused-ring (bicyclic) bond motifs is 2. The van der Waals surface area contributed by atoms with Crippen molar-refractivity contribution in [3.8, 4) is 0 Å². The fraction of sp³-hybridized carbons (Fsp3) is 0.818. The molecule has 4 atom stereocenters. The standard InChI is InChI=1S/C11H18/c1-3-4-11-8(2)9-5-6-10(11)7-9/h5-6,8-11H,3-4,7H2,1-2H3. The predicted molar refractivity (Wildman–Crippen MR) is 48.3 cm³/mol. The molecule has 0 aliphatic heterocycles. The zero-order valence-corrected chi connectivity index (χ0v) is 7.59. The van der Waals surface area contributed by atoms with E-state index < -0.39 is 0 Å². The molecule has 0 N–H and O–H groups in total. The molecule has 0 radical (unpaired) electrons. The van der Waals surface area contributed by atoms with E-state index >= 15 is 0 Å². The second kappa shape index (κ2) is 2.66. The molecule has 0 heteroatoms. The molecule has 1 fully saturated rings. The first-order chi connectivity index (χ1) is 5.33. The van der Waals surface area contributed by atoms with Gasteiger partial charge in [-0.15, -0.1) is 0 Å². The van der Waals surface area contributed by atoms with Crippen molar-refractivity contribution in [1.82, 2.24) is 0 Å². The molecule has 2 bridgehead atoms. The minimum Gasteiger partial charge on any atom is -0.0848 e. The van der Waals surface area contributed by atoms with E-state index in [0.717, 1.165) is 23.7 Å². The molecule has 62 valence electrons. The van der Waals surface area contributed by atoms with Gasteiger partial charge in [0.05, 0.1) is 0 Å². The van der Waals surface area contributed by atoms with Gasteiger partial charge in [0.2, 0.25) is 0 Å². The van der Waals surface area contributed by atoms with Crippen LogP contribution < -0.4 is 0 Å². The Morgan fingerprint density at radius 3 is 2.55 bits per heavy atom. The summed E-state index contributed by atoms with van der Waals surface area (Å²) in [5.74, 6) is 3.89. The van der Waals surface area contributed by atoms with Gasteiger partial charge in [-0.05, 0) is 36.5 Å². The second-order valence-electron chi connectivity index (χ2n) is 4.26. The summed E-state index contributed by atoms with van der Waals surface area (Å²) in [5, 5.41) is 0. The molecule has 0 aromatic rings. The van der Waals surface area contributed by atoms with Gasteiger partial charge in [-0.2, -0.15) is 0 Å². The monoisotopic (exact) mass is 150 g/mol. The van der Waals surface area contributed by atoms with Crippen LogP contribution in [0.3, 0.4) is 0 Å². The molecule has 0 aromatic heterocycles. The highest BCUT2D eigenvalue weighted by Gasteiger charge is 2.40. The Hall–Kier alpha value is -0.260. The van der Waals surface area contributed by atoms with Crippen molar-refractivity contribution in [2.45, 2.75) is 33.1 Å². The SMILES string of the molecule is CCCC1C2C=CC(C2)C1C. The van der Waals surface area contributed by atoms with Gasteiger partial charge in [-0.25, -0.2) is 0 Å². The Bertz CT molecular complexity index is 169. The lowest BCUT2D eigenvalue weighted by atomic mass is 9.82. The Kier molecular flexibility index (Phi) is 1.78. The summed E-state index contributed by atoms with van der Waals surface area (Å²) < 4.78 is 0. The largest absolute Gasteiger partial charge is 0.0848 e. The third-order valence-electron chi connectivity index (χ3n) is 3.67. The number of allylic oxidation sites excluding steroid dienone is 2. The maximum Gasteiger partial charge on any atom is -0.0197 e. The van der Waals surface area contributed by atoms with E-state index in [0.29, 0.717) is 0 Å². The summed E-state index contributed by atoms with van der Waals surface area (Å²) >= 11 is 0. The molecule has 0 heterocycles. The minimum atomic E-state index is 0.941. The van der Waals surface area contributed by atoms with Crippen molar-refractivity contribution in [1.29, 1.82) is 0 Å². The molecule has 2 rings (SSSR count). The quantitative estimate of drug-likeness (QED) is 0.530. The van der Waals surface area contributed by atoms with Gasteiger partial charge in [0.25, 0.3) is 0 Å². The lowest BCUT2D eigenvalue weighted by Gasteiger charge is -2.23. The number of hydrogen-bond donors (Lipinski definition) is 0. The third-order valence-corrected chi connectivity index (χ3v) is 3.67. The maximum atomic E-state index is 2.46. The molecule has 0 nitrogen and oxygen atoms in total. The molecule has 2 aliphatic rings. The smallest absolute Gasteiger partial charge is 0.0197 e. The molecule has 11 heavy (non-hydrogen) atoms. The van der Waals surface area contributed by atoms with Crippen LogP contribution in [0, 0.1) is 23.7 Å². The number of hydrogen-bond acceptors (Lipinski definition) is 0. The highest BCUT2D eigenvalue weighted by Crippen LogP contribution is 2.49. The van der Waals surface area contributed by atoms with Gasteiger partial charge in [0, 0.05) is 0 Å². The summed E-state index contributed by atoms with van der Waals surface area (Å²) in [7, 11) is 0. The van der Waals surface area contributed by atoms with Crippen molar-refractivity contribution in [3.05, 3.63) is 12.2 Å². The van der Waals surface area contributed by atoms with Crippen LogP contribution >= 0.6 is 0 Å². The lowest BCUT2D eigenvalue weighted by Crippen LogP contribution is -2.15. The Balaban J connectivity index is 2.06. The summed E-state index contributed by atoms with van der Waals surface area (Å²) in [4.78, 5) is 0. The lowest BCUT2D eigenvalue weighted by molar-refractivity contribution is 0.312. The minimum absolute atomic E-state index is 0.941. The first-order valence-corrected chi connectivity index (χ1v) is 5.01. The van der Waals surface area contributed by atoms with Crippen LogP contribution in [0.4, 0.5) is 0 Å². The molecule has 0 amide bonds. The normalized spacial score (nSPS) is 47.1. The molecular weight excluding hydrogens is 132 g/mol. The number of rotatable bonds is 2. The van der Waals surface area contributed by atoms with Crippen LogP contribution in [0.15, 0.2) is 12.2 Å². The van der Waals surface area contributed by atoms with Gasteiger partial charge in [-0.1, -0.05) is 32.4 Å². The average Bonchev–Trinajstić information content (AvgIpc) is 2.54. The van der Waals surface area contributed by atoms with Gasteiger partial charge in [-0.3, -0.25) is 0 Å². The van der Waals surface area contributed by atoms with Crippen LogP contribution in [0.5, 0.6) is 0 Å². The van der Waals surface area contributed by atoms with E-state index in [2.05, 4.69) is 26.0 Å². The second-order valence-corrected chi connectivity index (χ2v) is 4.26. The fourth-order valence-corrected chi connectivity index (χ4v) is 2.98. The summed E-state index contributed by atoms with van der Waals surface area (Å²) in [6.07, 6.45) is 9.19. The Morgan fingerprint density at radius 2 is 2.00 bits per heavy atom. The Labute approximate surface area is 69.7 Å². The van der Waals surface area contributed by atoms with Gasteiger partial charge < -0.3 is 0 Å². The summed E-state index contributed by atoms with van der Waals surface area (Å²) in [6, 6.07) is 0. The molecule has 0 saturated heterocycles.